The van der Waals surface area contributed by atoms with Crippen LogP contribution in [0.2, 0.25) is 0 Å². The van der Waals surface area contributed by atoms with Crippen molar-refractivity contribution in [2.45, 2.75) is 22.0 Å². The summed E-state index contributed by atoms with van der Waals surface area (Å²) in [6.45, 7) is 1.59. The molecule has 0 aliphatic heterocycles. The molecular formula is C9H8F3N2O4S2-. The Labute approximate surface area is 113 Å². The number of sulfone groups is 2. The van der Waals surface area contributed by atoms with Gasteiger partial charge in [-0.2, -0.15) is 13.2 Å². The molecule has 20 heavy (non-hydrogen) atoms. The van der Waals surface area contributed by atoms with Gasteiger partial charge in [0.25, 0.3) is 9.84 Å². The molecule has 1 atom stereocenters. The second-order valence-corrected chi connectivity index (χ2v) is 8.08. The van der Waals surface area contributed by atoms with E-state index in [9.17, 15) is 30.0 Å². The number of hydrogen-bond donors (Lipinski definition) is 0. The Morgan fingerprint density at radius 2 is 1.55 bits per heavy atom. The molecule has 112 valence electrons. The van der Waals surface area contributed by atoms with Crippen LogP contribution in [-0.2, 0) is 19.7 Å². The molecule has 0 amide bonds. The molecule has 0 radical (unpaired) electrons. The van der Waals surface area contributed by atoms with Crippen molar-refractivity contribution in [2.75, 3.05) is 0 Å². The predicted octanol–water partition coefficient (Wildman–Crippen LogP) is 2.01. The van der Waals surface area contributed by atoms with E-state index >= 15 is 0 Å². The van der Waals surface area contributed by atoms with Gasteiger partial charge in [0.2, 0.25) is 14.5 Å². The largest absolute Gasteiger partial charge is 0.710 e. The summed E-state index contributed by atoms with van der Waals surface area (Å²) in [7, 11) is -11.2. The van der Waals surface area contributed by atoms with Crippen molar-refractivity contribution in [2.24, 2.45) is 5.11 Å². The number of benzene rings is 1. The smallest absolute Gasteiger partial charge is 0.500 e. The van der Waals surface area contributed by atoms with Crippen molar-refractivity contribution >= 4 is 19.7 Å². The maximum Gasteiger partial charge on any atom is 0.500 e. The lowest BCUT2D eigenvalue weighted by molar-refractivity contribution is -0.0438. The van der Waals surface area contributed by atoms with E-state index in [1.54, 1.807) is 6.92 Å². The molecule has 11 heteroatoms. The zero-order valence-corrected chi connectivity index (χ0v) is 11.5. The molecular weight excluding hydrogens is 321 g/mol. The van der Waals surface area contributed by atoms with Crippen molar-refractivity contribution in [3.63, 3.8) is 0 Å². The quantitative estimate of drug-likeness (QED) is 0.788. The molecule has 1 aromatic rings. The number of nitrogens with zero attached hydrogens (tertiary/aromatic N) is 2. The maximum atomic E-state index is 12.4. The first-order valence-electron chi connectivity index (χ1n) is 4.89. The molecule has 6 nitrogen and oxygen atoms in total. The third-order valence-electron chi connectivity index (χ3n) is 2.30. The number of alkyl halides is 3. The van der Waals surface area contributed by atoms with Crippen LogP contribution in [0.4, 0.5) is 13.2 Å². The van der Waals surface area contributed by atoms with Crippen LogP contribution in [0.1, 0.15) is 5.56 Å². The van der Waals surface area contributed by atoms with E-state index in [0.717, 1.165) is 12.1 Å². The van der Waals surface area contributed by atoms with Gasteiger partial charge in [-0.3, -0.25) is 0 Å². The van der Waals surface area contributed by atoms with Crippen molar-refractivity contribution in [1.29, 1.82) is 0 Å². The SMILES string of the molecule is Cc1ccc(S(=O)(=O)C(N=[N-])S(=O)(=O)C(F)(F)F)cc1. The van der Waals surface area contributed by atoms with Crippen LogP contribution in [0, 0.1) is 6.92 Å². The lowest BCUT2D eigenvalue weighted by atomic mass is 10.2. The third-order valence-corrected chi connectivity index (χ3v) is 6.64. The Bertz CT molecular complexity index is 709. The zero-order chi connectivity index (χ0) is 15.8. The molecule has 0 aliphatic rings. The molecule has 0 bridgehead atoms. The van der Waals surface area contributed by atoms with Crippen molar-refractivity contribution in [1.82, 2.24) is 0 Å². The number of rotatable bonds is 4. The van der Waals surface area contributed by atoms with Gasteiger partial charge in [-0.25, -0.2) is 16.8 Å². The highest BCUT2D eigenvalue weighted by atomic mass is 32.3. The molecule has 0 aliphatic carbocycles. The zero-order valence-electron chi connectivity index (χ0n) is 9.86. The van der Waals surface area contributed by atoms with Gasteiger partial charge < -0.3 is 10.6 Å². The van der Waals surface area contributed by atoms with Gasteiger partial charge in [0.1, 0.15) is 0 Å². The number of hydrogen-bond acceptors (Lipinski definition) is 5. The average molecular weight is 329 g/mol. The molecule has 1 aromatic carbocycles. The molecule has 1 rings (SSSR count). The van der Waals surface area contributed by atoms with Gasteiger partial charge in [0.15, 0.2) is 0 Å². The van der Waals surface area contributed by atoms with E-state index < -0.39 is 34.8 Å². The molecule has 0 saturated carbocycles. The van der Waals surface area contributed by atoms with Crippen LogP contribution in [0.3, 0.4) is 0 Å². The second-order valence-electron chi connectivity index (χ2n) is 3.77. The average Bonchev–Trinajstić information content (AvgIpc) is 2.28. The van der Waals surface area contributed by atoms with Crippen LogP contribution in [0.5, 0.6) is 0 Å². The standard InChI is InChI=1S/C9H8F3N2O4S2/c1-6-2-4-7(5-3-6)19(15,16)8(14-13)20(17,18)9(10,11)12/h2-5,8H,1H3/q-1. The Morgan fingerprint density at radius 3 is 1.90 bits per heavy atom. The molecule has 0 fully saturated rings. The Morgan fingerprint density at radius 1 is 1.10 bits per heavy atom. The summed E-state index contributed by atoms with van der Waals surface area (Å²) < 4.78 is 79.6. The predicted molar refractivity (Wildman–Crippen MR) is 62.9 cm³/mol. The van der Waals surface area contributed by atoms with E-state index in [4.69, 9.17) is 5.53 Å². The Kier molecular flexibility index (Phi) is 4.25. The van der Waals surface area contributed by atoms with Crippen molar-refractivity contribution in [3.8, 4) is 0 Å². The van der Waals surface area contributed by atoms with Crippen molar-refractivity contribution in [3.05, 3.63) is 35.4 Å². The normalized spacial score (nSPS) is 14.8. The summed E-state index contributed by atoms with van der Waals surface area (Å²) >= 11 is 0. The summed E-state index contributed by atoms with van der Waals surface area (Å²) in [5.74, 6) is 0. The number of halogens is 3. The number of aryl methyl sites for hydroxylation is 1. The molecule has 0 heterocycles. The highest BCUT2D eigenvalue weighted by Crippen LogP contribution is 2.33. The molecule has 0 saturated heterocycles. The first-order chi connectivity index (χ1) is 8.94. The second kappa shape index (κ2) is 5.13. The fraction of sp³-hybridized carbons (Fsp3) is 0.333. The van der Waals surface area contributed by atoms with E-state index in [1.165, 1.54) is 12.1 Å². The minimum Gasteiger partial charge on any atom is -0.710 e. The Hall–Kier alpha value is -1.49. The minimum atomic E-state index is -6.21. The summed E-state index contributed by atoms with van der Waals surface area (Å²) in [5.41, 5.74) is 3.19. The molecule has 0 N–H and O–H groups in total. The molecule has 1 unspecified atom stereocenters. The van der Waals surface area contributed by atoms with Crippen LogP contribution >= 0.6 is 0 Å². The van der Waals surface area contributed by atoms with Crippen LogP contribution in [-0.4, -0.2) is 27.0 Å². The fourth-order valence-corrected chi connectivity index (χ4v) is 4.47. The highest BCUT2D eigenvalue weighted by molar-refractivity contribution is 8.09. The first-order valence-corrected chi connectivity index (χ1v) is 7.99. The van der Waals surface area contributed by atoms with E-state index in [2.05, 4.69) is 0 Å². The van der Waals surface area contributed by atoms with Gasteiger partial charge in [-0.05, 0) is 19.1 Å². The highest BCUT2D eigenvalue weighted by Gasteiger charge is 2.55. The van der Waals surface area contributed by atoms with Gasteiger partial charge in [-0.1, -0.05) is 17.7 Å². The van der Waals surface area contributed by atoms with E-state index in [-0.39, 0.29) is 0 Å². The van der Waals surface area contributed by atoms with Crippen LogP contribution in [0.25, 0.3) is 5.53 Å². The fourth-order valence-electron chi connectivity index (χ4n) is 1.25. The van der Waals surface area contributed by atoms with Crippen LogP contribution in [0.15, 0.2) is 34.3 Å². The summed E-state index contributed by atoms with van der Waals surface area (Å²) in [5, 5.41) is 1.90. The van der Waals surface area contributed by atoms with Gasteiger partial charge in [-0.15, -0.1) is 0 Å². The lowest BCUT2D eigenvalue weighted by Gasteiger charge is -2.18. The first kappa shape index (κ1) is 16.6. The van der Waals surface area contributed by atoms with Crippen molar-refractivity contribution < 1.29 is 30.0 Å². The van der Waals surface area contributed by atoms with Gasteiger partial charge in [0, 0.05) is 0 Å². The van der Waals surface area contributed by atoms with Crippen LogP contribution < -0.4 is 0 Å². The maximum absolute atomic E-state index is 12.4. The monoisotopic (exact) mass is 329 g/mol. The summed E-state index contributed by atoms with van der Waals surface area (Å²) in [6, 6.07) is 4.38. The summed E-state index contributed by atoms with van der Waals surface area (Å²) in [4.78, 5) is -0.696. The van der Waals surface area contributed by atoms with Gasteiger partial charge >= 0.3 is 5.51 Å². The van der Waals surface area contributed by atoms with Gasteiger partial charge in [0.05, 0.1) is 4.90 Å². The van der Waals surface area contributed by atoms with E-state index in [0.29, 0.717) is 5.56 Å². The Balaban J connectivity index is 3.46. The minimum absolute atomic E-state index is 0.611. The summed E-state index contributed by atoms with van der Waals surface area (Å²) in [6.07, 6.45) is 0. The molecule has 0 aromatic heterocycles. The molecule has 0 spiro atoms. The topological polar surface area (TPSA) is 103 Å². The third kappa shape index (κ3) is 2.82. The van der Waals surface area contributed by atoms with E-state index in [1.807, 2.05) is 5.11 Å². The lowest BCUT2D eigenvalue weighted by Crippen LogP contribution is -2.38.